The number of nitrogens with zero attached hydrogens (tertiary/aromatic N) is 2. The van der Waals surface area contributed by atoms with Crippen LogP contribution in [0.3, 0.4) is 0 Å². The lowest BCUT2D eigenvalue weighted by molar-refractivity contribution is -0.827. The highest BCUT2D eigenvalue weighted by atomic mass is 16.6. The van der Waals surface area contributed by atoms with Crippen LogP contribution in [0.4, 0.5) is 4.79 Å². The highest BCUT2D eigenvalue weighted by molar-refractivity contribution is 5.72. The SMILES string of the molecule is CC(CCC1(C)C=Cc2cccnc2C(OC2CC[N+](C)(C(=O)OC(C)(C)C)C2)=C1)C(=O)O. The fourth-order valence-electron chi connectivity index (χ4n) is 4.23. The predicted molar refractivity (Wildman–Crippen MR) is 127 cm³/mol. The van der Waals surface area contributed by atoms with Crippen molar-refractivity contribution in [3.8, 4) is 0 Å². The van der Waals surface area contributed by atoms with Crippen LogP contribution in [-0.2, 0) is 14.3 Å². The molecule has 0 spiro atoms. The van der Waals surface area contributed by atoms with E-state index < -0.39 is 17.5 Å². The van der Waals surface area contributed by atoms with Gasteiger partial charge in [0, 0.05) is 23.6 Å². The Kier molecular flexibility index (Phi) is 7.03. The van der Waals surface area contributed by atoms with Crippen molar-refractivity contribution in [3.05, 3.63) is 41.7 Å². The number of likely N-dealkylation sites (N-methyl/N-ethyl adjacent to an activating group) is 1. The van der Waals surface area contributed by atoms with Crippen LogP contribution in [0.1, 0.15) is 65.1 Å². The maximum atomic E-state index is 12.8. The number of carboxylic acid groups (broad SMARTS) is 1. The summed E-state index contributed by atoms with van der Waals surface area (Å²) in [6.45, 7) is 10.6. The minimum absolute atomic E-state index is 0.149. The average molecular weight is 458 g/mol. The van der Waals surface area contributed by atoms with E-state index in [1.165, 1.54) is 0 Å². The second kappa shape index (κ2) is 9.29. The van der Waals surface area contributed by atoms with Gasteiger partial charge in [0.1, 0.15) is 23.6 Å². The summed E-state index contributed by atoms with van der Waals surface area (Å²) in [6.07, 6.45) is 9.52. The van der Waals surface area contributed by atoms with E-state index in [-0.39, 0.29) is 22.1 Å². The van der Waals surface area contributed by atoms with Crippen molar-refractivity contribution in [2.45, 2.75) is 65.6 Å². The average Bonchev–Trinajstić information content (AvgIpc) is 3.04. The van der Waals surface area contributed by atoms with Crippen LogP contribution >= 0.6 is 0 Å². The molecule has 1 aliphatic heterocycles. The first-order valence-corrected chi connectivity index (χ1v) is 11.7. The van der Waals surface area contributed by atoms with E-state index in [1.54, 1.807) is 13.1 Å². The van der Waals surface area contributed by atoms with Gasteiger partial charge in [-0.25, -0.2) is 4.48 Å². The van der Waals surface area contributed by atoms with Gasteiger partial charge in [0.05, 0.1) is 19.5 Å². The normalized spacial score (nSPS) is 27.8. The van der Waals surface area contributed by atoms with Crippen molar-refractivity contribution < 1.29 is 28.7 Å². The van der Waals surface area contributed by atoms with Gasteiger partial charge in [-0.15, -0.1) is 0 Å². The summed E-state index contributed by atoms with van der Waals surface area (Å²) >= 11 is 0. The largest absolute Gasteiger partial charge is 0.516 e. The number of rotatable bonds is 6. The molecule has 2 aliphatic rings. The zero-order valence-electron chi connectivity index (χ0n) is 20.6. The molecule has 0 radical (unpaired) electrons. The number of carbonyl (C=O) groups excluding carboxylic acids is 1. The molecule has 180 valence electrons. The van der Waals surface area contributed by atoms with Crippen molar-refractivity contribution in [1.29, 1.82) is 0 Å². The third-order valence-electron chi connectivity index (χ3n) is 6.39. The van der Waals surface area contributed by atoms with Crippen LogP contribution in [0.15, 0.2) is 30.5 Å². The molecular formula is C26H37N2O5+. The molecule has 1 aromatic heterocycles. The lowest BCUT2D eigenvalue weighted by Crippen LogP contribution is -2.50. The van der Waals surface area contributed by atoms with Crippen LogP contribution in [0.5, 0.6) is 0 Å². The van der Waals surface area contributed by atoms with Gasteiger partial charge >= 0.3 is 12.1 Å². The fourth-order valence-corrected chi connectivity index (χ4v) is 4.23. The lowest BCUT2D eigenvalue weighted by Gasteiger charge is -2.29. The van der Waals surface area contributed by atoms with Crippen molar-refractivity contribution in [1.82, 2.24) is 4.98 Å². The molecule has 7 heteroatoms. The van der Waals surface area contributed by atoms with Crippen molar-refractivity contribution >= 4 is 23.9 Å². The van der Waals surface area contributed by atoms with Crippen molar-refractivity contribution in [3.63, 3.8) is 0 Å². The first kappa shape index (κ1) is 25.0. The summed E-state index contributed by atoms with van der Waals surface area (Å²) in [7, 11) is 1.89. The molecule has 4 unspecified atom stereocenters. The second-order valence-electron chi connectivity index (χ2n) is 10.9. The number of amides is 1. The zero-order chi connectivity index (χ0) is 24.4. The zero-order valence-corrected chi connectivity index (χ0v) is 20.6. The molecule has 4 atom stereocenters. The summed E-state index contributed by atoms with van der Waals surface area (Å²) in [5.41, 5.74) is 0.815. The maximum Gasteiger partial charge on any atom is 0.516 e. The summed E-state index contributed by atoms with van der Waals surface area (Å²) in [4.78, 5) is 28.7. The highest BCUT2D eigenvalue weighted by Crippen LogP contribution is 2.38. The second-order valence-corrected chi connectivity index (χ2v) is 10.9. The van der Waals surface area contributed by atoms with Crippen LogP contribution < -0.4 is 0 Å². The van der Waals surface area contributed by atoms with E-state index in [9.17, 15) is 14.7 Å². The first-order valence-electron chi connectivity index (χ1n) is 11.7. The molecule has 0 aromatic carbocycles. The van der Waals surface area contributed by atoms with E-state index in [0.29, 0.717) is 31.7 Å². The number of carbonyl (C=O) groups is 2. The van der Waals surface area contributed by atoms with Gasteiger partial charge in [-0.2, -0.15) is 4.79 Å². The van der Waals surface area contributed by atoms with E-state index in [1.807, 2.05) is 46.0 Å². The summed E-state index contributed by atoms with van der Waals surface area (Å²) in [5, 5.41) is 9.29. The highest BCUT2D eigenvalue weighted by Gasteiger charge is 2.45. The Morgan fingerprint density at radius 2 is 2.09 bits per heavy atom. The molecule has 7 nitrogen and oxygen atoms in total. The predicted octanol–water partition coefficient (Wildman–Crippen LogP) is 5.13. The quantitative estimate of drug-likeness (QED) is 0.596. The fraction of sp³-hybridized carbons (Fsp3) is 0.577. The molecular weight excluding hydrogens is 420 g/mol. The van der Waals surface area contributed by atoms with E-state index >= 15 is 0 Å². The minimum Gasteiger partial charge on any atom is -0.482 e. The Morgan fingerprint density at radius 3 is 2.76 bits per heavy atom. The number of carboxylic acids is 1. The number of aromatic nitrogens is 1. The Bertz CT molecular complexity index is 964. The van der Waals surface area contributed by atoms with Crippen molar-refractivity contribution in [2.75, 3.05) is 20.1 Å². The molecule has 1 fully saturated rings. The number of hydrogen-bond donors (Lipinski definition) is 1. The molecule has 2 heterocycles. The van der Waals surface area contributed by atoms with E-state index in [4.69, 9.17) is 9.47 Å². The Balaban J connectivity index is 1.82. The van der Waals surface area contributed by atoms with Crippen LogP contribution in [0.2, 0.25) is 0 Å². The molecule has 1 amide bonds. The monoisotopic (exact) mass is 457 g/mol. The third kappa shape index (κ3) is 6.22. The Morgan fingerprint density at radius 1 is 1.36 bits per heavy atom. The summed E-state index contributed by atoms with van der Waals surface area (Å²) in [5.74, 6) is -0.520. The minimum atomic E-state index is -0.785. The van der Waals surface area contributed by atoms with Crippen LogP contribution in [0, 0.1) is 11.3 Å². The molecule has 33 heavy (non-hydrogen) atoms. The molecule has 1 saturated heterocycles. The van der Waals surface area contributed by atoms with Gasteiger partial charge in [0.15, 0.2) is 6.10 Å². The molecule has 0 bridgehead atoms. The van der Waals surface area contributed by atoms with Gasteiger partial charge in [0.25, 0.3) is 0 Å². The standard InChI is InChI=1S/C26H36N2O5/c1-18(23(29)30)9-12-26(5)13-10-19-8-7-14-27-22(19)21(16-26)32-20-11-15-28(6,17-20)24(31)33-25(2,3)4/h7-8,10,13-14,16,18,20H,9,11-12,15,17H2,1-6H3/p+1. The summed E-state index contributed by atoms with van der Waals surface area (Å²) in [6, 6.07) is 3.89. The molecule has 0 saturated carbocycles. The summed E-state index contributed by atoms with van der Waals surface area (Å²) < 4.78 is 12.3. The maximum absolute atomic E-state index is 12.8. The van der Waals surface area contributed by atoms with Crippen LogP contribution in [0.25, 0.3) is 11.8 Å². The third-order valence-corrected chi connectivity index (χ3v) is 6.39. The van der Waals surface area contributed by atoms with E-state index in [2.05, 4.69) is 24.1 Å². The van der Waals surface area contributed by atoms with Gasteiger partial charge in [0.2, 0.25) is 0 Å². The number of aliphatic carboxylic acids is 1. The Hall–Kier alpha value is -2.67. The number of likely N-dealkylation sites (tertiary alicyclic amines) is 1. The van der Waals surface area contributed by atoms with Crippen molar-refractivity contribution in [2.24, 2.45) is 11.3 Å². The smallest absolute Gasteiger partial charge is 0.482 e. The molecule has 1 N–H and O–H groups in total. The lowest BCUT2D eigenvalue weighted by atomic mass is 9.82. The number of hydrogen-bond acceptors (Lipinski definition) is 5. The molecule has 1 aromatic rings. The topological polar surface area (TPSA) is 85.7 Å². The van der Waals surface area contributed by atoms with Gasteiger partial charge in [-0.1, -0.05) is 32.1 Å². The number of quaternary nitrogens is 1. The Labute approximate surface area is 196 Å². The van der Waals surface area contributed by atoms with Gasteiger partial charge in [-0.3, -0.25) is 9.78 Å². The molecule has 1 aliphatic carbocycles. The number of pyridine rings is 1. The van der Waals surface area contributed by atoms with Crippen LogP contribution in [-0.4, -0.2) is 58.5 Å². The van der Waals surface area contributed by atoms with Gasteiger partial charge < -0.3 is 14.6 Å². The molecule has 3 rings (SSSR count). The van der Waals surface area contributed by atoms with E-state index in [0.717, 1.165) is 17.7 Å². The number of allylic oxidation sites excluding steroid dienone is 2. The number of fused-ring (bicyclic) bond motifs is 1. The first-order chi connectivity index (χ1) is 15.3. The van der Waals surface area contributed by atoms with Gasteiger partial charge in [-0.05, 0) is 45.8 Å². The number of ether oxygens (including phenoxy) is 2.